The van der Waals surface area contributed by atoms with Crippen LogP contribution in [0.4, 0.5) is 0 Å². The summed E-state index contributed by atoms with van der Waals surface area (Å²) in [5.74, 6) is 0.166. The highest BCUT2D eigenvalue weighted by atomic mass is 32.2. The van der Waals surface area contributed by atoms with Gasteiger partial charge in [-0.05, 0) is 18.4 Å². The average molecular weight is 386 g/mol. The first kappa shape index (κ1) is 19.9. The van der Waals surface area contributed by atoms with Crippen LogP contribution >= 0.6 is 11.8 Å². The van der Waals surface area contributed by atoms with Crippen LogP contribution in [0.1, 0.15) is 17.5 Å². The summed E-state index contributed by atoms with van der Waals surface area (Å²) in [5, 5.41) is 3.25. The van der Waals surface area contributed by atoms with E-state index in [1.54, 1.807) is 16.7 Å². The Balaban J connectivity index is 1.39. The Hall–Kier alpha value is -1.82. The molecule has 3 N–H and O–H groups in total. The van der Waals surface area contributed by atoms with Crippen LogP contribution in [-0.2, 0) is 17.9 Å². The smallest absolute Gasteiger partial charge is 0.275 e. The molecule has 3 rings (SSSR count). The minimum Gasteiger partial charge on any atom is -0.343 e. The van der Waals surface area contributed by atoms with E-state index in [0.717, 1.165) is 32.6 Å². The molecule has 1 heterocycles. The van der Waals surface area contributed by atoms with E-state index in [2.05, 4.69) is 73.2 Å². The number of hydrogen-bond acceptors (Lipinski definition) is 2. The lowest BCUT2D eigenvalue weighted by molar-refractivity contribution is -0.901. The summed E-state index contributed by atoms with van der Waals surface area (Å²) in [4.78, 5) is 16.5. The van der Waals surface area contributed by atoms with Crippen LogP contribution in [-0.4, -0.2) is 44.9 Å². The molecule has 0 radical (unpaired) electrons. The number of hydrogen-bond donors (Lipinski definition) is 3. The number of likely N-dealkylation sites (tertiary alicyclic amines) is 1. The number of thioether (sulfide) groups is 1. The molecule has 5 heteroatoms. The fourth-order valence-corrected chi connectivity index (χ4v) is 4.21. The predicted octanol–water partition coefficient (Wildman–Crippen LogP) is 0.397. The summed E-state index contributed by atoms with van der Waals surface area (Å²) in [6.45, 7) is 4.59. The molecule has 4 nitrogen and oxygen atoms in total. The molecule has 1 fully saturated rings. The molecule has 0 aromatic heterocycles. The van der Waals surface area contributed by atoms with E-state index in [-0.39, 0.29) is 5.91 Å². The number of benzene rings is 2. The van der Waals surface area contributed by atoms with Gasteiger partial charge in [0.15, 0.2) is 6.54 Å². The molecular formula is C22H31N3OS+2. The molecule has 2 unspecified atom stereocenters. The second-order valence-corrected chi connectivity index (χ2v) is 8.46. The maximum Gasteiger partial charge on any atom is 0.275 e. The van der Waals surface area contributed by atoms with Crippen molar-refractivity contribution in [3.05, 3.63) is 65.7 Å². The van der Waals surface area contributed by atoms with Gasteiger partial charge in [0.2, 0.25) is 0 Å². The molecule has 0 saturated carbocycles. The van der Waals surface area contributed by atoms with Crippen LogP contribution in [0.25, 0.3) is 0 Å². The van der Waals surface area contributed by atoms with Gasteiger partial charge in [-0.3, -0.25) is 4.79 Å². The maximum absolute atomic E-state index is 12.4. The van der Waals surface area contributed by atoms with Gasteiger partial charge in [0.1, 0.15) is 13.1 Å². The van der Waals surface area contributed by atoms with Crippen molar-refractivity contribution in [2.24, 2.45) is 0 Å². The number of rotatable bonds is 8. The summed E-state index contributed by atoms with van der Waals surface area (Å²) in [6, 6.07) is 19.5. The fraction of sp³-hybridized carbons (Fsp3) is 0.409. The van der Waals surface area contributed by atoms with Crippen molar-refractivity contribution in [1.29, 1.82) is 0 Å². The predicted molar refractivity (Wildman–Crippen MR) is 111 cm³/mol. The normalized spacial score (nSPS) is 20.4. The molecule has 1 saturated heterocycles. The largest absolute Gasteiger partial charge is 0.343 e. The van der Waals surface area contributed by atoms with Crippen molar-refractivity contribution in [1.82, 2.24) is 5.32 Å². The van der Waals surface area contributed by atoms with Crippen LogP contribution in [0.15, 0.2) is 59.5 Å². The number of nitrogens with one attached hydrogen (secondary N) is 3. The molecular weight excluding hydrogens is 354 g/mol. The van der Waals surface area contributed by atoms with Gasteiger partial charge in [-0.2, -0.15) is 0 Å². The Morgan fingerprint density at radius 2 is 1.89 bits per heavy atom. The highest BCUT2D eigenvalue weighted by Gasteiger charge is 2.28. The zero-order valence-corrected chi connectivity index (χ0v) is 17.1. The second kappa shape index (κ2) is 9.93. The molecule has 3 atom stereocenters. The van der Waals surface area contributed by atoms with E-state index in [9.17, 15) is 4.79 Å². The van der Waals surface area contributed by atoms with E-state index in [0.29, 0.717) is 12.6 Å². The lowest BCUT2D eigenvalue weighted by Crippen LogP contribution is -3.09. The molecule has 0 aliphatic carbocycles. The van der Waals surface area contributed by atoms with E-state index in [4.69, 9.17) is 0 Å². The van der Waals surface area contributed by atoms with Crippen molar-refractivity contribution >= 4 is 17.7 Å². The number of carbonyl (C=O) groups is 1. The lowest BCUT2D eigenvalue weighted by Gasteiger charge is -2.17. The lowest BCUT2D eigenvalue weighted by atomic mass is 10.2. The maximum atomic E-state index is 12.4. The highest BCUT2D eigenvalue weighted by molar-refractivity contribution is 7.98. The van der Waals surface area contributed by atoms with Crippen molar-refractivity contribution in [3.63, 3.8) is 0 Å². The number of likely N-dealkylation sites (N-methyl/N-ethyl adjacent to an activating group) is 1. The van der Waals surface area contributed by atoms with Gasteiger partial charge >= 0.3 is 0 Å². The molecule has 1 aliphatic rings. The van der Waals surface area contributed by atoms with Crippen molar-refractivity contribution < 1.29 is 14.6 Å². The van der Waals surface area contributed by atoms with Crippen molar-refractivity contribution in [2.75, 3.05) is 32.9 Å². The number of amides is 1. The third-order valence-corrected chi connectivity index (χ3v) is 5.91. The second-order valence-electron chi connectivity index (χ2n) is 7.58. The Labute approximate surface area is 166 Å². The summed E-state index contributed by atoms with van der Waals surface area (Å²) < 4.78 is 0. The fourth-order valence-electron chi connectivity index (χ4n) is 3.81. The summed E-state index contributed by atoms with van der Waals surface area (Å²) in [5.41, 5.74) is 2.65. The third kappa shape index (κ3) is 6.38. The molecule has 2 aromatic carbocycles. The van der Waals surface area contributed by atoms with Gasteiger partial charge in [-0.15, -0.1) is 11.8 Å². The van der Waals surface area contributed by atoms with E-state index in [1.165, 1.54) is 20.9 Å². The first-order valence-electron chi connectivity index (χ1n) is 9.73. The Morgan fingerprint density at radius 1 is 1.15 bits per heavy atom. The molecule has 27 heavy (non-hydrogen) atoms. The van der Waals surface area contributed by atoms with Gasteiger partial charge < -0.3 is 15.1 Å². The summed E-state index contributed by atoms with van der Waals surface area (Å²) in [6.07, 6.45) is 3.16. The van der Waals surface area contributed by atoms with E-state index >= 15 is 0 Å². The molecule has 144 valence electrons. The first-order valence-corrected chi connectivity index (χ1v) is 11.0. The standard InChI is InChI=1S/C22H29N3OS/c1-24(14-19-8-10-21(27-2)11-9-19)17-22(26)23-20-12-13-25(16-20)15-18-6-4-3-5-7-18/h3-11,20H,12-17H2,1-2H3,(H,23,26)/p+2/t20-/m0/s1. The quantitative estimate of drug-likeness (QED) is 0.576. The number of carbonyl (C=O) groups excluding carboxylic acids is 1. The molecule has 0 bridgehead atoms. The number of quaternary nitrogens is 2. The van der Waals surface area contributed by atoms with E-state index < -0.39 is 0 Å². The Kier molecular flexibility index (Phi) is 7.33. The minimum absolute atomic E-state index is 0.166. The summed E-state index contributed by atoms with van der Waals surface area (Å²) >= 11 is 1.75. The van der Waals surface area contributed by atoms with Crippen LogP contribution < -0.4 is 15.1 Å². The topological polar surface area (TPSA) is 38.0 Å². The third-order valence-electron chi connectivity index (χ3n) is 5.17. The van der Waals surface area contributed by atoms with Crippen LogP contribution in [0.5, 0.6) is 0 Å². The summed E-state index contributed by atoms with van der Waals surface area (Å²) in [7, 11) is 2.09. The zero-order valence-electron chi connectivity index (χ0n) is 16.3. The Morgan fingerprint density at radius 3 is 2.59 bits per heavy atom. The zero-order chi connectivity index (χ0) is 19.1. The molecule has 1 aliphatic heterocycles. The molecule has 2 aromatic rings. The first-order chi connectivity index (χ1) is 13.1. The molecule has 1 amide bonds. The monoisotopic (exact) mass is 385 g/mol. The van der Waals surface area contributed by atoms with Gasteiger partial charge in [0.25, 0.3) is 5.91 Å². The van der Waals surface area contributed by atoms with Crippen LogP contribution in [0, 0.1) is 0 Å². The van der Waals surface area contributed by atoms with Crippen LogP contribution in [0.3, 0.4) is 0 Å². The SMILES string of the molecule is CSc1ccc(C[NH+](C)CC(=O)N[C@H]2CC[NH+](Cc3ccccc3)C2)cc1. The van der Waals surface area contributed by atoms with E-state index in [1.807, 2.05) is 0 Å². The van der Waals surface area contributed by atoms with Crippen molar-refractivity contribution in [2.45, 2.75) is 30.4 Å². The van der Waals surface area contributed by atoms with Gasteiger partial charge in [-0.25, -0.2) is 0 Å². The van der Waals surface area contributed by atoms with Crippen molar-refractivity contribution in [3.8, 4) is 0 Å². The minimum atomic E-state index is 0.166. The molecule has 0 spiro atoms. The average Bonchev–Trinajstić information content (AvgIpc) is 3.09. The Bertz CT molecular complexity index is 720. The highest BCUT2D eigenvalue weighted by Crippen LogP contribution is 2.14. The van der Waals surface area contributed by atoms with Gasteiger partial charge in [0.05, 0.1) is 26.2 Å². The van der Waals surface area contributed by atoms with Gasteiger partial charge in [-0.1, -0.05) is 42.5 Å². The van der Waals surface area contributed by atoms with Gasteiger partial charge in [0, 0.05) is 22.4 Å². The van der Waals surface area contributed by atoms with Crippen LogP contribution in [0.2, 0.25) is 0 Å².